The maximum absolute atomic E-state index is 10.6. The molecule has 1 aliphatic heterocycles. The number of ether oxygens (including phenoxy) is 2. The van der Waals surface area contributed by atoms with Crippen molar-refractivity contribution in [2.45, 2.75) is 13.8 Å². The molecule has 18 heavy (non-hydrogen) atoms. The molecule has 0 aliphatic carbocycles. The molecule has 1 heterocycles. The van der Waals surface area contributed by atoms with E-state index in [-0.39, 0.29) is 11.9 Å². The van der Waals surface area contributed by atoms with Crippen LogP contribution in [0.5, 0.6) is 0 Å². The average Bonchev–Trinajstić information content (AvgIpc) is 2.30. The maximum Gasteiger partial charge on any atom is 0.302 e. The molecule has 0 radical (unpaired) electrons. The highest BCUT2D eigenvalue weighted by Gasteiger charge is 2.16. The van der Waals surface area contributed by atoms with E-state index >= 15 is 0 Å². The molecule has 0 bridgehead atoms. The summed E-state index contributed by atoms with van der Waals surface area (Å²) in [6, 6.07) is 0. The molecule has 1 fully saturated rings. The molecule has 0 atom stereocenters. The Morgan fingerprint density at radius 2 is 1.17 bits per heavy atom. The van der Waals surface area contributed by atoms with Crippen LogP contribution in [-0.4, -0.2) is 74.2 Å². The summed E-state index contributed by atoms with van der Waals surface area (Å²) in [4.78, 5) is 25.8. The predicted octanol–water partition coefficient (Wildman–Crippen LogP) is -0.270. The molecule has 1 saturated heterocycles. The van der Waals surface area contributed by atoms with Gasteiger partial charge in [0, 0.05) is 53.1 Å². The van der Waals surface area contributed by atoms with Crippen LogP contribution in [-0.2, 0) is 19.1 Å². The minimum absolute atomic E-state index is 0.227. The Hall–Kier alpha value is -1.14. The molecule has 6 nitrogen and oxygen atoms in total. The molecule has 0 aromatic heterocycles. The molecule has 6 heteroatoms. The number of rotatable bonds is 6. The summed E-state index contributed by atoms with van der Waals surface area (Å²) in [6.45, 7) is 9.19. The number of carbonyl (C=O) groups excluding carboxylic acids is 2. The second kappa shape index (κ2) is 8.05. The van der Waals surface area contributed by atoms with Crippen LogP contribution in [0.2, 0.25) is 0 Å². The summed E-state index contributed by atoms with van der Waals surface area (Å²) < 4.78 is 9.82. The molecule has 0 saturated carbocycles. The third-order valence-corrected chi connectivity index (χ3v) is 2.89. The number of esters is 2. The Morgan fingerprint density at radius 3 is 1.44 bits per heavy atom. The molecule has 0 unspecified atom stereocenters. The summed E-state index contributed by atoms with van der Waals surface area (Å²) in [5.74, 6) is -0.454. The zero-order chi connectivity index (χ0) is 13.4. The summed E-state index contributed by atoms with van der Waals surface area (Å²) in [5.41, 5.74) is 0. The van der Waals surface area contributed by atoms with E-state index < -0.39 is 0 Å². The number of nitrogens with zero attached hydrogens (tertiary/aromatic N) is 2. The van der Waals surface area contributed by atoms with E-state index in [1.165, 1.54) is 13.8 Å². The van der Waals surface area contributed by atoms with Crippen LogP contribution in [0.3, 0.4) is 0 Å². The quantitative estimate of drug-likeness (QED) is 0.611. The number of hydrogen-bond donors (Lipinski definition) is 0. The lowest BCUT2D eigenvalue weighted by Crippen LogP contribution is -2.48. The maximum atomic E-state index is 10.6. The summed E-state index contributed by atoms with van der Waals surface area (Å²) in [6.07, 6.45) is 0. The molecule has 0 aromatic rings. The fourth-order valence-electron chi connectivity index (χ4n) is 1.87. The Bertz CT molecular complexity index is 247. The fourth-order valence-corrected chi connectivity index (χ4v) is 1.87. The van der Waals surface area contributed by atoms with Crippen molar-refractivity contribution < 1.29 is 19.1 Å². The van der Waals surface area contributed by atoms with E-state index in [9.17, 15) is 9.59 Å². The van der Waals surface area contributed by atoms with Gasteiger partial charge >= 0.3 is 11.9 Å². The van der Waals surface area contributed by atoms with Gasteiger partial charge < -0.3 is 9.47 Å². The van der Waals surface area contributed by atoms with Crippen molar-refractivity contribution in [1.82, 2.24) is 9.80 Å². The van der Waals surface area contributed by atoms with Crippen LogP contribution in [0.15, 0.2) is 0 Å². The molecular weight excluding hydrogens is 236 g/mol. The molecule has 0 amide bonds. The van der Waals surface area contributed by atoms with E-state index in [0.29, 0.717) is 13.2 Å². The highest BCUT2D eigenvalue weighted by molar-refractivity contribution is 5.66. The first kappa shape index (κ1) is 14.9. The van der Waals surface area contributed by atoms with Gasteiger partial charge in [-0.3, -0.25) is 19.4 Å². The van der Waals surface area contributed by atoms with Gasteiger partial charge in [-0.1, -0.05) is 0 Å². The molecule has 0 N–H and O–H groups in total. The summed E-state index contributed by atoms with van der Waals surface area (Å²) in [5, 5.41) is 0. The van der Waals surface area contributed by atoms with Crippen LogP contribution >= 0.6 is 0 Å². The lowest BCUT2D eigenvalue weighted by molar-refractivity contribution is -0.142. The second-order valence-electron chi connectivity index (χ2n) is 4.36. The van der Waals surface area contributed by atoms with Crippen molar-refractivity contribution in [2.75, 3.05) is 52.5 Å². The Morgan fingerprint density at radius 1 is 0.833 bits per heavy atom. The normalized spacial score (nSPS) is 17.4. The molecule has 1 rings (SSSR count). The molecule has 104 valence electrons. The van der Waals surface area contributed by atoms with Crippen LogP contribution < -0.4 is 0 Å². The number of hydrogen-bond acceptors (Lipinski definition) is 6. The van der Waals surface area contributed by atoms with E-state index in [1.807, 2.05) is 0 Å². The van der Waals surface area contributed by atoms with Crippen molar-refractivity contribution in [3.05, 3.63) is 0 Å². The first-order valence-corrected chi connectivity index (χ1v) is 6.29. The van der Waals surface area contributed by atoms with Crippen LogP contribution in [0, 0.1) is 0 Å². The van der Waals surface area contributed by atoms with Crippen molar-refractivity contribution in [3.8, 4) is 0 Å². The van der Waals surface area contributed by atoms with Gasteiger partial charge in [0.15, 0.2) is 0 Å². The summed E-state index contributed by atoms with van der Waals surface area (Å²) in [7, 11) is 0. The van der Waals surface area contributed by atoms with Gasteiger partial charge in [-0.25, -0.2) is 0 Å². The van der Waals surface area contributed by atoms with Crippen molar-refractivity contribution in [2.24, 2.45) is 0 Å². The third kappa shape index (κ3) is 6.56. The zero-order valence-electron chi connectivity index (χ0n) is 11.2. The minimum Gasteiger partial charge on any atom is -0.465 e. The average molecular weight is 258 g/mol. The van der Waals surface area contributed by atoms with Gasteiger partial charge in [-0.05, 0) is 0 Å². The topological polar surface area (TPSA) is 59.1 Å². The highest BCUT2D eigenvalue weighted by atomic mass is 16.5. The van der Waals surface area contributed by atoms with Gasteiger partial charge in [0.25, 0.3) is 0 Å². The molecule has 1 aliphatic rings. The Balaban J connectivity index is 2.05. The van der Waals surface area contributed by atoms with Crippen molar-refractivity contribution in [1.29, 1.82) is 0 Å². The number of carbonyl (C=O) groups is 2. The van der Waals surface area contributed by atoms with Crippen molar-refractivity contribution in [3.63, 3.8) is 0 Å². The Kier molecular flexibility index (Phi) is 6.67. The smallest absolute Gasteiger partial charge is 0.302 e. The van der Waals surface area contributed by atoms with E-state index in [4.69, 9.17) is 9.47 Å². The third-order valence-electron chi connectivity index (χ3n) is 2.89. The SMILES string of the molecule is CC(=O)OCCN1CCN(CCOC(C)=O)CC1. The van der Waals surface area contributed by atoms with Gasteiger partial charge in [-0.2, -0.15) is 0 Å². The van der Waals surface area contributed by atoms with Gasteiger partial charge in [0.1, 0.15) is 13.2 Å². The molecule has 0 spiro atoms. The minimum atomic E-state index is -0.227. The first-order valence-electron chi connectivity index (χ1n) is 6.29. The van der Waals surface area contributed by atoms with Gasteiger partial charge in [-0.15, -0.1) is 0 Å². The molecule has 0 aromatic carbocycles. The lowest BCUT2D eigenvalue weighted by Gasteiger charge is -2.34. The van der Waals surface area contributed by atoms with Gasteiger partial charge in [0.05, 0.1) is 0 Å². The highest BCUT2D eigenvalue weighted by Crippen LogP contribution is 2.01. The fraction of sp³-hybridized carbons (Fsp3) is 0.833. The van der Waals surface area contributed by atoms with Crippen LogP contribution in [0.4, 0.5) is 0 Å². The monoisotopic (exact) mass is 258 g/mol. The predicted molar refractivity (Wildman–Crippen MR) is 66.1 cm³/mol. The standard InChI is InChI=1S/C12H22N2O4/c1-11(15)17-9-7-13-3-5-14(6-4-13)8-10-18-12(2)16/h3-10H2,1-2H3. The zero-order valence-corrected chi connectivity index (χ0v) is 11.2. The second-order valence-corrected chi connectivity index (χ2v) is 4.36. The number of piperazine rings is 1. The van der Waals surface area contributed by atoms with Crippen LogP contribution in [0.25, 0.3) is 0 Å². The summed E-state index contributed by atoms with van der Waals surface area (Å²) >= 11 is 0. The van der Waals surface area contributed by atoms with Crippen LogP contribution in [0.1, 0.15) is 13.8 Å². The van der Waals surface area contributed by atoms with E-state index in [2.05, 4.69) is 9.80 Å². The van der Waals surface area contributed by atoms with Crippen molar-refractivity contribution >= 4 is 11.9 Å². The molecular formula is C12H22N2O4. The van der Waals surface area contributed by atoms with E-state index in [0.717, 1.165) is 39.3 Å². The van der Waals surface area contributed by atoms with E-state index in [1.54, 1.807) is 0 Å². The largest absolute Gasteiger partial charge is 0.465 e. The first-order chi connectivity index (χ1) is 8.58. The van der Waals surface area contributed by atoms with Gasteiger partial charge in [0.2, 0.25) is 0 Å². The Labute approximate surface area is 108 Å². The lowest BCUT2D eigenvalue weighted by atomic mass is 10.3.